The third kappa shape index (κ3) is 3.53. The highest BCUT2D eigenvalue weighted by Gasteiger charge is 2.27. The molecule has 0 spiro atoms. The molecule has 0 aromatic heterocycles. The Morgan fingerprint density at radius 3 is 2.73 bits per heavy atom. The van der Waals surface area contributed by atoms with Crippen LogP contribution >= 0.6 is 0 Å². The Morgan fingerprint density at radius 1 is 1.27 bits per heavy atom. The predicted octanol–water partition coefficient (Wildman–Crippen LogP) is 1.13. The number of carbonyl (C=O) groups is 2. The highest BCUT2D eigenvalue weighted by atomic mass is 32.2. The Kier molecular flexibility index (Phi) is 4.66. The van der Waals surface area contributed by atoms with E-state index >= 15 is 0 Å². The molecule has 2 N–H and O–H groups in total. The lowest BCUT2D eigenvalue weighted by Crippen LogP contribution is -2.38. The number of hydrogen-bond donors (Lipinski definition) is 2. The first-order valence-corrected chi connectivity index (χ1v) is 9.49. The normalized spacial score (nSPS) is 13.8. The largest absolute Gasteiger partial charge is 0.482 e. The number of hydroxylamine groups is 1. The number of hydrogen-bond acceptors (Lipinski definition) is 6. The van der Waals surface area contributed by atoms with Gasteiger partial charge in [-0.2, -0.15) is 0 Å². The van der Waals surface area contributed by atoms with Crippen LogP contribution in [0, 0.1) is 0 Å². The summed E-state index contributed by atoms with van der Waals surface area (Å²) in [5, 5.41) is 8.78. The Hall–Kier alpha value is -2.91. The summed E-state index contributed by atoms with van der Waals surface area (Å²) in [5.41, 5.74) is 2.67. The monoisotopic (exact) mass is 376 g/mol. The molecule has 1 heterocycles. The number of nitrogens with one attached hydrogen (secondary N) is 1. The fourth-order valence-corrected chi connectivity index (χ4v) is 3.33. The van der Waals surface area contributed by atoms with Gasteiger partial charge in [0.1, 0.15) is 5.75 Å². The second-order valence-corrected chi connectivity index (χ2v) is 7.83. The first kappa shape index (κ1) is 17.9. The molecule has 26 heavy (non-hydrogen) atoms. The predicted molar refractivity (Wildman–Crippen MR) is 91.9 cm³/mol. The van der Waals surface area contributed by atoms with Gasteiger partial charge in [-0.1, -0.05) is 12.1 Å². The molecule has 1 aliphatic heterocycles. The number of amides is 2. The van der Waals surface area contributed by atoms with Crippen LogP contribution in [-0.4, -0.2) is 38.3 Å². The Morgan fingerprint density at radius 2 is 2.04 bits per heavy atom. The fourth-order valence-electron chi connectivity index (χ4n) is 2.64. The summed E-state index contributed by atoms with van der Waals surface area (Å²) in [4.78, 5) is 25.5. The molecule has 0 bridgehead atoms. The Balaban J connectivity index is 1.99. The van der Waals surface area contributed by atoms with E-state index in [4.69, 9.17) is 9.94 Å². The molecule has 9 heteroatoms. The molecule has 1 aliphatic rings. The van der Waals surface area contributed by atoms with E-state index in [9.17, 15) is 18.0 Å². The second kappa shape index (κ2) is 6.77. The van der Waals surface area contributed by atoms with Crippen LogP contribution in [0.15, 0.2) is 47.4 Å². The van der Waals surface area contributed by atoms with Crippen molar-refractivity contribution in [1.82, 2.24) is 5.48 Å². The Bertz CT molecular complexity index is 986. The van der Waals surface area contributed by atoms with Gasteiger partial charge in [0.15, 0.2) is 16.4 Å². The molecule has 0 fully saturated rings. The molecule has 0 aliphatic carbocycles. The lowest BCUT2D eigenvalue weighted by molar-refractivity contribution is -0.121. The van der Waals surface area contributed by atoms with Crippen molar-refractivity contribution in [2.75, 3.05) is 17.8 Å². The lowest BCUT2D eigenvalue weighted by Gasteiger charge is -2.30. The summed E-state index contributed by atoms with van der Waals surface area (Å²) >= 11 is 0. The molecule has 2 amide bonds. The molecule has 0 atom stereocenters. The van der Waals surface area contributed by atoms with Crippen molar-refractivity contribution in [3.8, 4) is 5.75 Å². The van der Waals surface area contributed by atoms with Crippen LogP contribution in [0.4, 0.5) is 5.69 Å². The van der Waals surface area contributed by atoms with Crippen LogP contribution in [0.1, 0.15) is 15.9 Å². The number of carbonyl (C=O) groups excluding carboxylic acids is 2. The average molecular weight is 376 g/mol. The van der Waals surface area contributed by atoms with Gasteiger partial charge in [0.25, 0.3) is 11.8 Å². The van der Waals surface area contributed by atoms with E-state index < -0.39 is 15.7 Å². The van der Waals surface area contributed by atoms with E-state index in [0.717, 1.165) is 6.26 Å². The molecule has 3 rings (SSSR count). The van der Waals surface area contributed by atoms with Crippen molar-refractivity contribution < 1.29 is 28.0 Å². The zero-order valence-electron chi connectivity index (χ0n) is 13.8. The first-order chi connectivity index (χ1) is 12.3. The number of ether oxygens (including phenoxy) is 1. The van der Waals surface area contributed by atoms with Crippen molar-refractivity contribution in [3.63, 3.8) is 0 Å². The number of sulfone groups is 1. The minimum absolute atomic E-state index is 0.114. The maximum absolute atomic E-state index is 12.3. The summed E-state index contributed by atoms with van der Waals surface area (Å²) in [6.07, 6.45) is 1.11. The molecular formula is C17H16N2O6S. The van der Waals surface area contributed by atoms with Crippen LogP contribution in [0.2, 0.25) is 0 Å². The number of anilines is 1. The molecule has 0 saturated heterocycles. The molecule has 0 radical (unpaired) electrons. The van der Waals surface area contributed by atoms with Crippen molar-refractivity contribution in [1.29, 1.82) is 0 Å². The van der Waals surface area contributed by atoms with Gasteiger partial charge in [0.05, 0.1) is 17.1 Å². The molecule has 0 unspecified atom stereocenters. The van der Waals surface area contributed by atoms with Gasteiger partial charge >= 0.3 is 0 Å². The topological polar surface area (TPSA) is 113 Å². The summed E-state index contributed by atoms with van der Waals surface area (Å²) in [5.74, 6) is -0.632. The standard InChI is InChI=1S/C17H16N2O6S/c1-26(23,24)13-4-2-3-11(7-13)9-19-14-8-12(17(21)18-22)5-6-15(14)25-10-16(19)20/h2-8,22H,9-10H2,1H3,(H,18,21). The average Bonchev–Trinajstić information content (AvgIpc) is 2.62. The van der Waals surface area contributed by atoms with E-state index in [0.29, 0.717) is 17.0 Å². The maximum atomic E-state index is 12.3. The highest BCUT2D eigenvalue weighted by molar-refractivity contribution is 7.90. The van der Waals surface area contributed by atoms with Gasteiger partial charge in [0.2, 0.25) is 0 Å². The molecular weight excluding hydrogens is 360 g/mol. The summed E-state index contributed by atoms with van der Waals surface area (Å²) in [6, 6.07) is 10.7. The van der Waals surface area contributed by atoms with Crippen LogP contribution < -0.4 is 15.1 Å². The van der Waals surface area contributed by atoms with Gasteiger partial charge in [-0.05, 0) is 35.9 Å². The van der Waals surface area contributed by atoms with E-state index in [1.54, 1.807) is 12.1 Å². The van der Waals surface area contributed by atoms with Crippen molar-refractivity contribution in [2.45, 2.75) is 11.4 Å². The first-order valence-electron chi connectivity index (χ1n) is 7.60. The fraction of sp³-hybridized carbons (Fsp3) is 0.176. The quantitative estimate of drug-likeness (QED) is 0.611. The van der Waals surface area contributed by atoms with E-state index in [-0.39, 0.29) is 29.5 Å². The van der Waals surface area contributed by atoms with Gasteiger partial charge < -0.3 is 9.64 Å². The Labute approximate surface area is 149 Å². The molecule has 8 nitrogen and oxygen atoms in total. The SMILES string of the molecule is CS(=O)(=O)c1cccc(CN2C(=O)COc3ccc(C(=O)NO)cc32)c1. The lowest BCUT2D eigenvalue weighted by atomic mass is 10.1. The van der Waals surface area contributed by atoms with Crippen LogP contribution in [0.3, 0.4) is 0 Å². The maximum Gasteiger partial charge on any atom is 0.274 e. The summed E-state index contributed by atoms with van der Waals surface area (Å²) in [6.45, 7) is -0.0486. The summed E-state index contributed by atoms with van der Waals surface area (Å²) in [7, 11) is -3.37. The molecule has 0 saturated carbocycles. The minimum Gasteiger partial charge on any atom is -0.482 e. The third-order valence-corrected chi connectivity index (χ3v) is 5.04. The van der Waals surface area contributed by atoms with Crippen LogP contribution in [0.5, 0.6) is 5.75 Å². The van der Waals surface area contributed by atoms with Gasteiger partial charge in [-0.15, -0.1) is 0 Å². The van der Waals surface area contributed by atoms with Crippen molar-refractivity contribution >= 4 is 27.3 Å². The number of rotatable bonds is 4. The van der Waals surface area contributed by atoms with E-state index in [2.05, 4.69) is 0 Å². The zero-order chi connectivity index (χ0) is 18.9. The molecule has 2 aromatic carbocycles. The third-order valence-electron chi connectivity index (χ3n) is 3.93. The van der Waals surface area contributed by atoms with Gasteiger partial charge in [-0.3, -0.25) is 14.8 Å². The number of fused-ring (bicyclic) bond motifs is 1. The minimum atomic E-state index is -3.37. The van der Waals surface area contributed by atoms with Gasteiger partial charge in [0, 0.05) is 11.8 Å². The van der Waals surface area contributed by atoms with Crippen molar-refractivity contribution in [3.05, 3.63) is 53.6 Å². The van der Waals surface area contributed by atoms with Crippen LogP contribution in [-0.2, 0) is 21.2 Å². The smallest absolute Gasteiger partial charge is 0.274 e. The molecule has 2 aromatic rings. The van der Waals surface area contributed by atoms with Crippen LogP contribution in [0.25, 0.3) is 0 Å². The van der Waals surface area contributed by atoms with Gasteiger partial charge in [-0.25, -0.2) is 13.9 Å². The zero-order valence-corrected chi connectivity index (χ0v) is 14.6. The molecule has 136 valence electrons. The second-order valence-electron chi connectivity index (χ2n) is 5.81. The number of nitrogens with zero attached hydrogens (tertiary/aromatic N) is 1. The van der Waals surface area contributed by atoms with Crippen molar-refractivity contribution in [2.24, 2.45) is 0 Å². The number of benzene rings is 2. The highest BCUT2D eigenvalue weighted by Crippen LogP contribution is 2.34. The van der Waals surface area contributed by atoms with E-state index in [1.807, 2.05) is 0 Å². The van der Waals surface area contributed by atoms with E-state index in [1.165, 1.54) is 40.7 Å². The summed E-state index contributed by atoms with van der Waals surface area (Å²) < 4.78 is 28.8.